The number of aromatic nitrogens is 2. The fourth-order valence-electron chi connectivity index (χ4n) is 3.15. The van der Waals surface area contributed by atoms with Crippen LogP contribution in [0.4, 0.5) is 5.69 Å². The standard InChI is InChI=1S/C23H28N4O2S/c1-15(2)13-27-20-11-6-5-9-19(20)26-23(27)30-14-22(29)24-12-21(28)25-18-10-7-8-16(3)17(18)4/h5-11,15H,12-14H2,1-4H3,(H,24,29)(H,25,28). The normalized spacial score (nSPS) is 11.1. The number of amides is 2. The molecule has 0 fully saturated rings. The van der Waals surface area contributed by atoms with Crippen LogP contribution in [0.2, 0.25) is 0 Å². The average Bonchev–Trinajstić information content (AvgIpc) is 3.05. The third kappa shape index (κ3) is 5.42. The molecule has 0 saturated heterocycles. The van der Waals surface area contributed by atoms with Gasteiger partial charge in [0.1, 0.15) is 0 Å². The molecule has 0 aliphatic heterocycles. The highest BCUT2D eigenvalue weighted by Crippen LogP contribution is 2.25. The van der Waals surface area contributed by atoms with Crippen molar-refractivity contribution in [2.75, 3.05) is 17.6 Å². The number of carbonyl (C=O) groups excluding carboxylic acids is 2. The molecular formula is C23H28N4O2S. The zero-order chi connectivity index (χ0) is 21.7. The van der Waals surface area contributed by atoms with Gasteiger partial charge in [0, 0.05) is 12.2 Å². The Morgan fingerprint density at radius 2 is 1.83 bits per heavy atom. The maximum Gasteiger partial charge on any atom is 0.243 e. The number of nitrogens with one attached hydrogen (secondary N) is 2. The van der Waals surface area contributed by atoms with Crippen molar-refractivity contribution in [3.8, 4) is 0 Å². The van der Waals surface area contributed by atoms with Crippen LogP contribution in [0, 0.1) is 19.8 Å². The van der Waals surface area contributed by atoms with Gasteiger partial charge in [0.25, 0.3) is 0 Å². The Morgan fingerprint density at radius 3 is 2.60 bits per heavy atom. The molecule has 0 bridgehead atoms. The van der Waals surface area contributed by atoms with Crippen molar-refractivity contribution < 1.29 is 9.59 Å². The lowest BCUT2D eigenvalue weighted by Gasteiger charge is -2.12. The smallest absolute Gasteiger partial charge is 0.243 e. The Labute approximate surface area is 181 Å². The van der Waals surface area contributed by atoms with Crippen molar-refractivity contribution in [1.82, 2.24) is 14.9 Å². The molecule has 30 heavy (non-hydrogen) atoms. The molecule has 0 aliphatic rings. The van der Waals surface area contributed by atoms with Crippen molar-refractivity contribution >= 4 is 40.3 Å². The van der Waals surface area contributed by atoms with Gasteiger partial charge < -0.3 is 15.2 Å². The monoisotopic (exact) mass is 424 g/mol. The number of imidazole rings is 1. The summed E-state index contributed by atoms with van der Waals surface area (Å²) in [5, 5.41) is 6.36. The quantitative estimate of drug-likeness (QED) is 0.533. The van der Waals surface area contributed by atoms with Crippen molar-refractivity contribution in [2.45, 2.75) is 39.4 Å². The molecule has 0 spiro atoms. The summed E-state index contributed by atoms with van der Waals surface area (Å²) in [6.45, 7) is 9.05. The van der Waals surface area contributed by atoms with Gasteiger partial charge in [-0.2, -0.15) is 0 Å². The molecule has 3 rings (SSSR count). The average molecular weight is 425 g/mol. The maximum absolute atomic E-state index is 12.3. The number of anilines is 1. The second-order valence-corrected chi connectivity index (χ2v) is 8.69. The third-order valence-corrected chi connectivity index (χ3v) is 5.80. The lowest BCUT2D eigenvalue weighted by molar-refractivity contribution is -0.122. The molecule has 0 aliphatic carbocycles. The molecule has 0 unspecified atom stereocenters. The first-order valence-electron chi connectivity index (χ1n) is 10.1. The highest BCUT2D eigenvalue weighted by molar-refractivity contribution is 7.99. The summed E-state index contributed by atoms with van der Waals surface area (Å²) in [4.78, 5) is 29.2. The molecule has 0 atom stereocenters. The van der Waals surface area contributed by atoms with Gasteiger partial charge in [-0.3, -0.25) is 9.59 Å². The van der Waals surface area contributed by atoms with Crippen LogP contribution < -0.4 is 10.6 Å². The molecule has 3 aromatic rings. The van der Waals surface area contributed by atoms with Gasteiger partial charge in [-0.05, 0) is 49.1 Å². The molecule has 2 amide bonds. The Bertz CT molecular complexity index is 1060. The molecule has 6 nitrogen and oxygen atoms in total. The Balaban J connectivity index is 1.56. The van der Waals surface area contributed by atoms with Crippen LogP contribution in [0.3, 0.4) is 0 Å². The van der Waals surface area contributed by atoms with E-state index in [4.69, 9.17) is 0 Å². The van der Waals surface area contributed by atoms with Gasteiger partial charge in [0.05, 0.1) is 23.3 Å². The van der Waals surface area contributed by atoms with Gasteiger partial charge in [-0.15, -0.1) is 0 Å². The van der Waals surface area contributed by atoms with Crippen LogP contribution in [-0.4, -0.2) is 33.7 Å². The van der Waals surface area contributed by atoms with Crippen LogP contribution in [0.25, 0.3) is 11.0 Å². The van der Waals surface area contributed by atoms with E-state index in [2.05, 4.69) is 34.0 Å². The zero-order valence-electron chi connectivity index (χ0n) is 17.9. The van der Waals surface area contributed by atoms with Gasteiger partial charge in [0.2, 0.25) is 11.8 Å². The highest BCUT2D eigenvalue weighted by atomic mass is 32.2. The number of fused-ring (bicyclic) bond motifs is 1. The Kier molecular flexibility index (Phi) is 7.15. The summed E-state index contributed by atoms with van der Waals surface area (Å²) in [5.41, 5.74) is 4.90. The lowest BCUT2D eigenvalue weighted by atomic mass is 10.1. The summed E-state index contributed by atoms with van der Waals surface area (Å²) in [5.74, 6) is 0.232. The topological polar surface area (TPSA) is 76.0 Å². The fourth-order valence-corrected chi connectivity index (χ4v) is 4.00. The molecule has 2 N–H and O–H groups in total. The van der Waals surface area contributed by atoms with Gasteiger partial charge in [-0.25, -0.2) is 4.98 Å². The number of thioether (sulfide) groups is 1. The Hall–Kier alpha value is -2.80. The van der Waals surface area contributed by atoms with Gasteiger partial charge in [0.15, 0.2) is 5.16 Å². The summed E-state index contributed by atoms with van der Waals surface area (Å²) in [6.07, 6.45) is 0. The van der Waals surface area contributed by atoms with E-state index in [0.717, 1.165) is 39.5 Å². The molecule has 7 heteroatoms. The minimum Gasteiger partial charge on any atom is -0.346 e. The van der Waals surface area contributed by atoms with Crippen molar-refractivity contribution in [1.29, 1.82) is 0 Å². The summed E-state index contributed by atoms with van der Waals surface area (Å²) in [6, 6.07) is 13.7. The van der Waals surface area contributed by atoms with Crippen LogP contribution >= 0.6 is 11.8 Å². The molecule has 1 heterocycles. The molecule has 1 aromatic heterocycles. The van der Waals surface area contributed by atoms with E-state index >= 15 is 0 Å². The van der Waals surface area contributed by atoms with E-state index in [1.807, 2.05) is 56.3 Å². The third-order valence-electron chi connectivity index (χ3n) is 4.82. The highest BCUT2D eigenvalue weighted by Gasteiger charge is 2.14. The lowest BCUT2D eigenvalue weighted by Crippen LogP contribution is -2.34. The summed E-state index contributed by atoms with van der Waals surface area (Å²) >= 11 is 1.39. The minimum atomic E-state index is -0.242. The number of rotatable bonds is 8. The second kappa shape index (κ2) is 9.80. The second-order valence-electron chi connectivity index (χ2n) is 7.75. The van der Waals surface area contributed by atoms with Crippen LogP contribution in [0.1, 0.15) is 25.0 Å². The van der Waals surface area contributed by atoms with E-state index in [0.29, 0.717) is 5.92 Å². The first-order valence-corrected chi connectivity index (χ1v) is 11.0. The number of aryl methyl sites for hydroxylation is 1. The van der Waals surface area contributed by atoms with Crippen molar-refractivity contribution in [3.63, 3.8) is 0 Å². The molecular weight excluding hydrogens is 396 g/mol. The van der Waals surface area contributed by atoms with E-state index in [1.54, 1.807) is 0 Å². The fraction of sp³-hybridized carbons (Fsp3) is 0.348. The predicted octanol–water partition coefficient (Wildman–Crippen LogP) is 4.16. The van der Waals surface area contributed by atoms with Crippen LogP contribution in [-0.2, 0) is 16.1 Å². The van der Waals surface area contributed by atoms with E-state index in [-0.39, 0.29) is 24.1 Å². The van der Waals surface area contributed by atoms with E-state index in [1.165, 1.54) is 11.8 Å². The minimum absolute atomic E-state index is 0.0603. The van der Waals surface area contributed by atoms with E-state index in [9.17, 15) is 9.59 Å². The van der Waals surface area contributed by atoms with Crippen LogP contribution in [0.15, 0.2) is 47.6 Å². The largest absolute Gasteiger partial charge is 0.346 e. The SMILES string of the molecule is Cc1cccc(NC(=O)CNC(=O)CSc2nc3ccccc3n2CC(C)C)c1C. The van der Waals surface area contributed by atoms with Gasteiger partial charge in [-0.1, -0.05) is 49.9 Å². The molecule has 0 radical (unpaired) electrons. The molecule has 158 valence electrons. The number of hydrogen-bond donors (Lipinski definition) is 2. The zero-order valence-corrected chi connectivity index (χ0v) is 18.7. The number of carbonyl (C=O) groups is 2. The first kappa shape index (κ1) is 21.9. The number of para-hydroxylation sites is 2. The van der Waals surface area contributed by atoms with Crippen molar-refractivity contribution in [3.05, 3.63) is 53.6 Å². The Morgan fingerprint density at radius 1 is 1.07 bits per heavy atom. The number of nitrogens with zero attached hydrogens (tertiary/aromatic N) is 2. The number of benzene rings is 2. The van der Waals surface area contributed by atoms with E-state index < -0.39 is 0 Å². The summed E-state index contributed by atoms with van der Waals surface area (Å²) < 4.78 is 2.16. The van der Waals surface area contributed by atoms with Crippen LogP contribution in [0.5, 0.6) is 0 Å². The molecule has 2 aromatic carbocycles. The van der Waals surface area contributed by atoms with Gasteiger partial charge >= 0.3 is 0 Å². The summed E-state index contributed by atoms with van der Waals surface area (Å²) in [7, 11) is 0. The first-order chi connectivity index (χ1) is 14.3. The van der Waals surface area contributed by atoms with Crippen molar-refractivity contribution in [2.24, 2.45) is 5.92 Å². The molecule has 0 saturated carbocycles. The predicted molar refractivity (Wildman–Crippen MR) is 123 cm³/mol. The maximum atomic E-state index is 12.3. The number of hydrogen-bond acceptors (Lipinski definition) is 4.